The molecule has 0 fully saturated rings. The van der Waals surface area contributed by atoms with Gasteiger partial charge in [0.05, 0.1) is 23.3 Å². The molecule has 9 heteroatoms. The number of ether oxygens (including phenoxy) is 1. The molecule has 3 aromatic carbocycles. The quantitative estimate of drug-likeness (QED) is 0.195. The molecule has 1 N–H and O–H groups in total. The monoisotopic (exact) mass is 513 g/mol. The second kappa shape index (κ2) is 10.6. The standard InChI is InChI=1S/C28H21ClFN5O2/c1-2-37-26(36)13-10-18-6-5-8-19(14-18)22-17-31-28(33-21-11-12-24(30)23(29)15-21)34-27(22)35-25-9-4-3-7-20(25)16-32-35/h3-17H,2H2,1H3,(H,31,33,34). The third kappa shape index (κ3) is 5.34. The number of halogens is 2. The summed E-state index contributed by atoms with van der Waals surface area (Å²) < 4.78 is 20.3. The first-order chi connectivity index (χ1) is 18.0. The molecule has 2 aromatic heterocycles. The lowest BCUT2D eigenvalue weighted by molar-refractivity contribution is -0.137. The first-order valence-electron chi connectivity index (χ1n) is 11.5. The fraction of sp³-hybridized carbons (Fsp3) is 0.0714. The predicted octanol–water partition coefficient (Wildman–Crippen LogP) is 6.59. The second-order valence-corrected chi connectivity index (χ2v) is 8.42. The lowest BCUT2D eigenvalue weighted by Crippen LogP contribution is -2.06. The van der Waals surface area contributed by atoms with Crippen molar-refractivity contribution >= 4 is 46.2 Å². The van der Waals surface area contributed by atoms with E-state index in [0.717, 1.165) is 27.6 Å². The van der Waals surface area contributed by atoms with E-state index in [9.17, 15) is 9.18 Å². The molecule has 184 valence electrons. The summed E-state index contributed by atoms with van der Waals surface area (Å²) in [6, 6.07) is 19.7. The Kier molecular flexibility index (Phi) is 6.91. The van der Waals surface area contributed by atoms with Gasteiger partial charge in [0.1, 0.15) is 5.82 Å². The van der Waals surface area contributed by atoms with Gasteiger partial charge >= 0.3 is 5.97 Å². The molecule has 5 rings (SSSR count). The molecule has 0 saturated carbocycles. The maximum atomic E-state index is 13.6. The van der Waals surface area contributed by atoms with E-state index in [-0.39, 0.29) is 5.02 Å². The number of hydrogen-bond donors (Lipinski definition) is 1. The molecule has 0 atom stereocenters. The second-order valence-electron chi connectivity index (χ2n) is 8.01. The smallest absolute Gasteiger partial charge is 0.330 e. The summed E-state index contributed by atoms with van der Waals surface area (Å²) in [5.74, 6) is -0.0851. The number of hydrogen-bond acceptors (Lipinski definition) is 6. The molecule has 0 aliphatic rings. The van der Waals surface area contributed by atoms with Gasteiger partial charge in [-0.15, -0.1) is 0 Å². The van der Waals surface area contributed by atoms with Gasteiger partial charge in [-0.3, -0.25) is 0 Å². The summed E-state index contributed by atoms with van der Waals surface area (Å²) in [4.78, 5) is 21.0. The van der Waals surface area contributed by atoms with Crippen LogP contribution in [0.4, 0.5) is 16.0 Å². The number of esters is 1. The molecule has 0 saturated heterocycles. The molecule has 37 heavy (non-hydrogen) atoms. The van der Waals surface area contributed by atoms with E-state index in [1.807, 2.05) is 48.5 Å². The van der Waals surface area contributed by atoms with E-state index >= 15 is 0 Å². The predicted molar refractivity (Wildman–Crippen MR) is 142 cm³/mol. The SMILES string of the molecule is CCOC(=O)C=Cc1cccc(-c2cnc(Nc3ccc(F)c(Cl)c3)nc2-n2ncc3ccccc32)c1. The molecule has 0 aliphatic carbocycles. The molecule has 0 bridgehead atoms. The Morgan fingerprint density at radius 2 is 1.97 bits per heavy atom. The van der Waals surface area contributed by atoms with Gasteiger partial charge in [0.15, 0.2) is 5.82 Å². The topological polar surface area (TPSA) is 81.9 Å². The van der Waals surface area contributed by atoms with Gasteiger partial charge in [-0.25, -0.2) is 18.9 Å². The minimum atomic E-state index is -0.510. The Labute approximate surface area is 217 Å². The number of para-hydroxylation sites is 1. The number of aromatic nitrogens is 4. The van der Waals surface area contributed by atoms with Crippen LogP contribution in [0.5, 0.6) is 0 Å². The van der Waals surface area contributed by atoms with Gasteiger partial charge in [0.2, 0.25) is 5.95 Å². The van der Waals surface area contributed by atoms with Gasteiger partial charge in [-0.1, -0.05) is 48.0 Å². The van der Waals surface area contributed by atoms with Gasteiger partial charge in [-0.2, -0.15) is 10.1 Å². The van der Waals surface area contributed by atoms with E-state index in [1.54, 1.807) is 36.1 Å². The Morgan fingerprint density at radius 3 is 2.81 bits per heavy atom. The highest BCUT2D eigenvalue weighted by molar-refractivity contribution is 6.31. The Morgan fingerprint density at radius 1 is 1.11 bits per heavy atom. The van der Waals surface area contributed by atoms with E-state index < -0.39 is 11.8 Å². The first kappa shape index (κ1) is 24.1. The lowest BCUT2D eigenvalue weighted by atomic mass is 10.0. The molecular weight excluding hydrogens is 493 g/mol. The van der Waals surface area contributed by atoms with Crippen LogP contribution >= 0.6 is 11.6 Å². The van der Waals surface area contributed by atoms with E-state index in [4.69, 9.17) is 21.3 Å². The van der Waals surface area contributed by atoms with Crippen LogP contribution in [0.2, 0.25) is 5.02 Å². The molecule has 0 unspecified atom stereocenters. The van der Waals surface area contributed by atoms with Crippen LogP contribution in [0.25, 0.3) is 33.9 Å². The van der Waals surface area contributed by atoms with E-state index in [1.165, 1.54) is 18.2 Å². The van der Waals surface area contributed by atoms with E-state index in [2.05, 4.69) is 15.4 Å². The highest BCUT2D eigenvalue weighted by atomic mass is 35.5. The van der Waals surface area contributed by atoms with Crippen LogP contribution in [0.1, 0.15) is 12.5 Å². The van der Waals surface area contributed by atoms with Gasteiger partial charge in [0.25, 0.3) is 0 Å². The average Bonchev–Trinajstić information content (AvgIpc) is 3.34. The highest BCUT2D eigenvalue weighted by Gasteiger charge is 2.15. The zero-order valence-electron chi connectivity index (χ0n) is 19.7. The van der Waals surface area contributed by atoms with Crippen molar-refractivity contribution < 1.29 is 13.9 Å². The summed E-state index contributed by atoms with van der Waals surface area (Å²) in [7, 11) is 0. The van der Waals surface area contributed by atoms with Gasteiger partial charge in [-0.05, 0) is 54.5 Å². The summed E-state index contributed by atoms with van der Waals surface area (Å²) in [6.07, 6.45) is 6.55. The zero-order valence-corrected chi connectivity index (χ0v) is 20.5. The molecule has 0 aliphatic heterocycles. The number of nitrogens with zero attached hydrogens (tertiary/aromatic N) is 4. The molecule has 5 aromatic rings. The van der Waals surface area contributed by atoms with Crippen LogP contribution in [0, 0.1) is 5.82 Å². The summed E-state index contributed by atoms with van der Waals surface area (Å²) in [6.45, 7) is 2.07. The molecule has 2 heterocycles. The molecule has 0 radical (unpaired) electrons. The molecule has 0 amide bonds. The van der Waals surface area contributed by atoms with Crippen LogP contribution in [-0.2, 0) is 9.53 Å². The van der Waals surface area contributed by atoms with Crippen molar-refractivity contribution in [2.45, 2.75) is 6.92 Å². The number of rotatable bonds is 7. The van der Waals surface area contributed by atoms with Crippen molar-refractivity contribution in [1.29, 1.82) is 0 Å². The van der Waals surface area contributed by atoms with Crippen molar-refractivity contribution in [3.05, 3.63) is 102 Å². The minimum Gasteiger partial charge on any atom is -0.463 e. The third-order valence-corrected chi connectivity index (χ3v) is 5.81. The summed E-state index contributed by atoms with van der Waals surface area (Å²) in [5, 5.41) is 8.61. The maximum absolute atomic E-state index is 13.6. The van der Waals surface area contributed by atoms with Crippen LogP contribution in [-0.4, -0.2) is 32.3 Å². The summed E-state index contributed by atoms with van der Waals surface area (Å²) >= 11 is 5.94. The lowest BCUT2D eigenvalue weighted by Gasteiger charge is -2.13. The van der Waals surface area contributed by atoms with Gasteiger partial charge in [0, 0.05) is 28.9 Å². The fourth-order valence-electron chi connectivity index (χ4n) is 3.81. The minimum absolute atomic E-state index is 0.00685. The van der Waals surface area contributed by atoms with Crippen molar-refractivity contribution in [2.75, 3.05) is 11.9 Å². The van der Waals surface area contributed by atoms with Crippen molar-refractivity contribution in [2.24, 2.45) is 0 Å². The normalized spacial score (nSPS) is 11.2. The maximum Gasteiger partial charge on any atom is 0.330 e. The Hall–Kier alpha value is -4.56. The van der Waals surface area contributed by atoms with Crippen LogP contribution in [0.3, 0.4) is 0 Å². The highest BCUT2D eigenvalue weighted by Crippen LogP contribution is 2.30. The molecule has 0 spiro atoms. The number of nitrogens with one attached hydrogen (secondary N) is 1. The number of fused-ring (bicyclic) bond motifs is 1. The van der Waals surface area contributed by atoms with Crippen molar-refractivity contribution in [1.82, 2.24) is 19.7 Å². The number of carbonyl (C=O) groups excluding carboxylic acids is 1. The largest absolute Gasteiger partial charge is 0.463 e. The molecule has 7 nitrogen and oxygen atoms in total. The van der Waals surface area contributed by atoms with Crippen LogP contribution in [0.15, 0.2) is 85.2 Å². The van der Waals surface area contributed by atoms with E-state index in [0.29, 0.717) is 24.1 Å². The average molecular weight is 514 g/mol. The zero-order chi connectivity index (χ0) is 25.8. The number of anilines is 2. The third-order valence-electron chi connectivity index (χ3n) is 5.52. The first-order valence-corrected chi connectivity index (χ1v) is 11.9. The number of benzene rings is 3. The van der Waals surface area contributed by atoms with Crippen LogP contribution < -0.4 is 5.32 Å². The van der Waals surface area contributed by atoms with Gasteiger partial charge < -0.3 is 10.1 Å². The molecular formula is C28H21ClFN5O2. The number of carbonyl (C=O) groups is 1. The van der Waals surface area contributed by atoms with Crippen molar-refractivity contribution in [3.8, 4) is 16.9 Å². The fourth-order valence-corrected chi connectivity index (χ4v) is 3.99. The Balaban J connectivity index is 1.59. The van der Waals surface area contributed by atoms with Crippen molar-refractivity contribution in [3.63, 3.8) is 0 Å². The Bertz CT molecular complexity index is 1630. The summed E-state index contributed by atoms with van der Waals surface area (Å²) in [5.41, 5.74) is 3.78.